The lowest BCUT2D eigenvalue weighted by Gasteiger charge is -2.34. The first-order valence-electron chi connectivity index (χ1n) is 5.96. The maximum atomic E-state index is 11.6. The molecule has 0 aliphatic heterocycles. The normalized spacial score (nSPS) is 32.9. The highest BCUT2D eigenvalue weighted by Crippen LogP contribution is 2.29. The Morgan fingerprint density at radius 1 is 1.27 bits per heavy atom. The van der Waals surface area contributed by atoms with Crippen LogP contribution in [0.25, 0.3) is 0 Å². The zero-order chi connectivity index (χ0) is 11.5. The molecule has 0 heterocycles. The Hall–Kier alpha value is -0.0900. The van der Waals surface area contributed by atoms with Gasteiger partial charge in [0.2, 0.25) is 10.0 Å². The van der Waals surface area contributed by atoms with E-state index in [4.69, 9.17) is 0 Å². The van der Waals surface area contributed by atoms with E-state index in [9.17, 15) is 8.42 Å². The van der Waals surface area contributed by atoms with Gasteiger partial charge in [-0.2, -0.15) is 0 Å². The Balaban J connectivity index is 2.57. The van der Waals surface area contributed by atoms with Gasteiger partial charge in [-0.25, -0.2) is 13.1 Å². The Bertz CT molecular complexity index is 287. The third-order valence-electron chi connectivity index (χ3n) is 3.51. The first kappa shape index (κ1) is 13.0. The van der Waals surface area contributed by atoms with Crippen molar-refractivity contribution >= 4 is 10.0 Å². The smallest absolute Gasteiger partial charge is 0.211 e. The fourth-order valence-corrected chi connectivity index (χ4v) is 3.76. The summed E-state index contributed by atoms with van der Waals surface area (Å²) >= 11 is 0. The second-order valence-electron chi connectivity index (χ2n) is 4.81. The van der Waals surface area contributed by atoms with Gasteiger partial charge in [-0.3, -0.25) is 0 Å². The summed E-state index contributed by atoms with van der Waals surface area (Å²) < 4.78 is 26.1. The van der Waals surface area contributed by atoms with E-state index >= 15 is 0 Å². The van der Waals surface area contributed by atoms with Gasteiger partial charge < -0.3 is 0 Å². The molecule has 1 N–H and O–H groups in total. The van der Waals surface area contributed by atoms with Crippen LogP contribution in [0.4, 0.5) is 0 Å². The SMILES string of the molecule is CCCS(=O)(=O)N[C@@H]1CCC[C@@H](C)[C@@H]1C. The molecule has 1 aliphatic carbocycles. The number of nitrogens with one attached hydrogen (secondary N) is 1. The minimum Gasteiger partial charge on any atom is -0.212 e. The molecule has 1 fully saturated rings. The maximum Gasteiger partial charge on any atom is 0.211 e. The van der Waals surface area contributed by atoms with E-state index in [1.54, 1.807) is 0 Å². The molecular weight excluding hydrogens is 210 g/mol. The van der Waals surface area contributed by atoms with Crippen molar-refractivity contribution in [3.8, 4) is 0 Å². The Labute approximate surface area is 93.7 Å². The summed E-state index contributed by atoms with van der Waals surface area (Å²) in [5.74, 6) is 1.35. The van der Waals surface area contributed by atoms with Gasteiger partial charge in [0.25, 0.3) is 0 Å². The third-order valence-corrected chi connectivity index (χ3v) is 5.12. The summed E-state index contributed by atoms with van der Waals surface area (Å²) in [7, 11) is -3.04. The van der Waals surface area contributed by atoms with E-state index in [0.29, 0.717) is 18.3 Å². The molecule has 1 aliphatic rings. The molecule has 0 saturated heterocycles. The molecule has 3 nitrogen and oxygen atoms in total. The minimum absolute atomic E-state index is 0.158. The molecule has 0 unspecified atom stereocenters. The fraction of sp³-hybridized carbons (Fsp3) is 1.00. The predicted octanol–water partition coefficient (Wildman–Crippen LogP) is 2.14. The predicted molar refractivity (Wildman–Crippen MR) is 63.2 cm³/mol. The van der Waals surface area contributed by atoms with E-state index in [-0.39, 0.29) is 11.8 Å². The largest absolute Gasteiger partial charge is 0.212 e. The van der Waals surface area contributed by atoms with Crippen LogP contribution in [0.2, 0.25) is 0 Å². The average molecular weight is 233 g/mol. The number of sulfonamides is 1. The summed E-state index contributed by atoms with van der Waals surface area (Å²) in [5.41, 5.74) is 0. The lowest BCUT2D eigenvalue weighted by molar-refractivity contribution is 0.227. The van der Waals surface area contributed by atoms with Gasteiger partial charge in [0, 0.05) is 6.04 Å². The zero-order valence-corrected chi connectivity index (χ0v) is 10.8. The molecular formula is C11H23NO2S. The minimum atomic E-state index is -3.04. The van der Waals surface area contributed by atoms with E-state index in [2.05, 4.69) is 18.6 Å². The number of hydrogen-bond donors (Lipinski definition) is 1. The van der Waals surface area contributed by atoms with Crippen LogP contribution >= 0.6 is 0 Å². The standard InChI is InChI=1S/C11H23NO2S/c1-4-8-15(13,14)12-11-7-5-6-9(2)10(11)3/h9-12H,4-8H2,1-3H3/t9-,10+,11-/m1/s1. The van der Waals surface area contributed by atoms with Gasteiger partial charge in [-0.05, 0) is 24.7 Å². The molecule has 15 heavy (non-hydrogen) atoms. The van der Waals surface area contributed by atoms with Gasteiger partial charge in [0.05, 0.1) is 5.75 Å². The van der Waals surface area contributed by atoms with Crippen LogP contribution < -0.4 is 4.72 Å². The van der Waals surface area contributed by atoms with Crippen molar-refractivity contribution < 1.29 is 8.42 Å². The van der Waals surface area contributed by atoms with Gasteiger partial charge in [-0.15, -0.1) is 0 Å². The van der Waals surface area contributed by atoms with Crippen molar-refractivity contribution in [1.82, 2.24) is 4.72 Å². The highest BCUT2D eigenvalue weighted by Gasteiger charge is 2.29. The molecule has 4 heteroatoms. The van der Waals surface area contributed by atoms with Crippen LogP contribution in [0.1, 0.15) is 46.5 Å². The second-order valence-corrected chi connectivity index (χ2v) is 6.68. The maximum absolute atomic E-state index is 11.6. The molecule has 1 saturated carbocycles. The first-order valence-corrected chi connectivity index (χ1v) is 7.61. The van der Waals surface area contributed by atoms with Crippen molar-refractivity contribution in [2.75, 3.05) is 5.75 Å². The quantitative estimate of drug-likeness (QED) is 0.808. The molecule has 0 aromatic rings. The van der Waals surface area contributed by atoms with Crippen molar-refractivity contribution in [1.29, 1.82) is 0 Å². The summed E-state index contributed by atoms with van der Waals surface area (Å²) in [6.45, 7) is 6.26. The summed E-state index contributed by atoms with van der Waals surface area (Å²) in [6, 6.07) is 0.158. The van der Waals surface area contributed by atoms with Crippen LogP contribution in [0.15, 0.2) is 0 Å². The molecule has 0 aromatic heterocycles. The number of hydrogen-bond acceptors (Lipinski definition) is 2. The van der Waals surface area contributed by atoms with Crippen molar-refractivity contribution in [2.45, 2.75) is 52.5 Å². The zero-order valence-electron chi connectivity index (χ0n) is 9.99. The third kappa shape index (κ3) is 3.76. The van der Waals surface area contributed by atoms with Gasteiger partial charge in [-0.1, -0.05) is 33.6 Å². The first-order chi connectivity index (χ1) is 6.96. The average Bonchev–Trinajstić information content (AvgIpc) is 2.12. The van der Waals surface area contributed by atoms with Gasteiger partial charge >= 0.3 is 0 Å². The molecule has 0 aromatic carbocycles. The molecule has 1 rings (SSSR count). The Morgan fingerprint density at radius 3 is 2.53 bits per heavy atom. The molecule has 0 spiro atoms. The van der Waals surface area contributed by atoms with Crippen molar-refractivity contribution in [3.63, 3.8) is 0 Å². The van der Waals surface area contributed by atoms with Gasteiger partial charge in [0.1, 0.15) is 0 Å². The Kier molecular flexibility index (Phi) is 4.59. The highest BCUT2D eigenvalue weighted by molar-refractivity contribution is 7.89. The number of rotatable bonds is 4. The lowest BCUT2D eigenvalue weighted by atomic mass is 9.78. The summed E-state index contributed by atoms with van der Waals surface area (Å²) in [6.07, 6.45) is 4.05. The van der Waals surface area contributed by atoms with Crippen molar-refractivity contribution in [3.05, 3.63) is 0 Å². The van der Waals surface area contributed by atoms with Crippen LogP contribution in [0.3, 0.4) is 0 Å². The summed E-state index contributed by atoms with van der Waals surface area (Å²) in [4.78, 5) is 0. The van der Waals surface area contributed by atoms with Crippen molar-refractivity contribution in [2.24, 2.45) is 11.8 Å². The van der Waals surface area contributed by atoms with Crippen LogP contribution in [-0.2, 0) is 10.0 Å². The van der Waals surface area contributed by atoms with Crippen LogP contribution in [0, 0.1) is 11.8 Å². The fourth-order valence-electron chi connectivity index (χ4n) is 2.31. The van der Waals surface area contributed by atoms with E-state index in [0.717, 1.165) is 12.8 Å². The lowest BCUT2D eigenvalue weighted by Crippen LogP contribution is -2.44. The van der Waals surface area contributed by atoms with E-state index < -0.39 is 10.0 Å². The highest BCUT2D eigenvalue weighted by atomic mass is 32.2. The van der Waals surface area contributed by atoms with E-state index in [1.807, 2.05) is 6.92 Å². The molecule has 3 atom stereocenters. The molecule has 0 bridgehead atoms. The monoisotopic (exact) mass is 233 g/mol. The summed E-state index contributed by atoms with van der Waals surface area (Å²) in [5, 5.41) is 0. The van der Waals surface area contributed by atoms with Gasteiger partial charge in [0.15, 0.2) is 0 Å². The van der Waals surface area contributed by atoms with E-state index in [1.165, 1.54) is 6.42 Å². The second kappa shape index (κ2) is 5.30. The molecule has 0 amide bonds. The van der Waals surface area contributed by atoms with Crippen LogP contribution in [0.5, 0.6) is 0 Å². The topological polar surface area (TPSA) is 46.2 Å². The molecule has 0 radical (unpaired) electrons. The van der Waals surface area contributed by atoms with Crippen LogP contribution in [-0.4, -0.2) is 20.2 Å². The Morgan fingerprint density at radius 2 is 1.93 bits per heavy atom. The molecule has 90 valence electrons.